The van der Waals surface area contributed by atoms with E-state index in [1.165, 1.54) is 20.0 Å². The Bertz CT molecular complexity index is 466. The predicted molar refractivity (Wildman–Crippen MR) is 69.2 cm³/mol. The van der Waals surface area contributed by atoms with Crippen molar-refractivity contribution in [3.05, 3.63) is 28.2 Å². The number of ether oxygens (including phenoxy) is 1. The van der Waals surface area contributed by atoms with Gasteiger partial charge < -0.3 is 10.1 Å². The third-order valence-corrected chi connectivity index (χ3v) is 2.58. The summed E-state index contributed by atoms with van der Waals surface area (Å²) >= 11 is 11.7. The number of benzene rings is 1. The van der Waals surface area contributed by atoms with Crippen molar-refractivity contribution in [3.8, 4) is 5.75 Å². The molecule has 1 atom stereocenters. The predicted octanol–water partition coefficient (Wildman–Crippen LogP) is 2.22. The van der Waals surface area contributed by atoms with Crippen molar-refractivity contribution in [1.82, 2.24) is 10.6 Å². The zero-order chi connectivity index (χ0) is 13.7. The highest BCUT2D eigenvalue weighted by Crippen LogP contribution is 2.28. The lowest BCUT2D eigenvalue weighted by Gasteiger charge is -2.15. The number of hydrogen-bond donors (Lipinski definition) is 2. The van der Waals surface area contributed by atoms with Crippen LogP contribution in [0.3, 0.4) is 0 Å². The maximum atomic E-state index is 11.5. The number of carbonyl (C=O) groups excluding carboxylic acids is 2. The minimum absolute atomic E-state index is 0.281. The second kappa shape index (κ2) is 6.47. The quantitative estimate of drug-likeness (QED) is 0.897. The van der Waals surface area contributed by atoms with Crippen LogP contribution in [0.2, 0.25) is 10.0 Å². The summed E-state index contributed by atoms with van der Waals surface area (Å²) in [5.41, 5.74) is 0. The first-order valence-electron chi connectivity index (χ1n) is 5.08. The van der Waals surface area contributed by atoms with Crippen molar-refractivity contribution < 1.29 is 14.3 Å². The fourth-order valence-electron chi connectivity index (χ4n) is 1.09. The Morgan fingerprint density at radius 1 is 1.33 bits per heavy atom. The van der Waals surface area contributed by atoms with Gasteiger partial charge in [-0.2, -0.15) is 0 Å². The molecule has 7 heteroatoms. The molecule has 1 aromatic rings. The van der Waals surface area contributed by atoms with E-state index in [4.69, 9.17) is 27.9 Å². The van der Waals surface area contributed by atoms with Crippen LogP contribution in [-0.4, -0.2) is 25.1 Å². The van der Waals surface area contributed by atoms with Crippen LogP contribution in [0.25, 0.3) is 0 Å². The van der Waals surface area contributed by atoms with Gasteiger partial charge in [0.2, 0.25) is 0 Å². The van der Waals surface area contributed by atoms with Gasteiger partial charge in [0.05, 0.1) is 5.02 Å². The van der Waals surface area contributed by atoms with Gasteiger partial charge >= 0.3 is 6.03 Å². The van der Waals surface area contributed by atoms with Gasteiger partial charge in [-0.05, 0) is 19.1 Å². The maximum absolute atomic E-state index is 11.5. The summed E-state index contributed by atoms with van der Waals surface area (Å²) in [6.45, 7) is 1.50. The number of hydrogen-bond acceptors (Lipinski definition) is 3. The molecule has 0 saturated heterocycles. The first kappa shape index (κ1) is 14.6. The average molecular weight is 291 g/mol. The molecule has 1 unspecified atom stereocenters. The normalized spacial score (nSPS) is 11.6. The van der Waals surface area contributed by atoms with Crippen LogP contribution in [0, 0.1) is 0 Å². The first-order chi connectivity index (χ1) is 8.43. The van der Waals surface area contributed by atoms with Crippen LogP contribution in [0.5, 0.6) is 5.75 Å². The van der Waals surface area contributed by atoms with Crippen LogP contribution in [0.15, 0.2) is 18.2 Å². The molecule has 0 heterocycles. The largest absolute Gasteiger partial charge is 0.479 e. The molecule has 0 aliphatic heterocycles. The van der Waals surface area contributed by atoms with Gasteiger partial charge in [-0.25, -0.2) is 4.79 Å². The Balaban J connectivity index is 2.69. The fraction of sp³-hybridized carbons (Fsp3) is 0.273. The molecule has 0 fully saturated rings. The number of carbonyl (C=O) groups is 2. The van der Waals surface area contributed by atoms with Crippen LogP contribution >= 0.6 is 23.2 Å². The number of nitrogens with one attached hydrogen (secondary N) is 2. The van der Waals surface area contributed by atoms with Crippen molar-refractivity contribution in [2.24, 2.45) is 0 Å². The van der Waals surface area contributed by atoms with E-state index < -0.39 is 18.0 Å². The van der Waals surface area contributed by atoms with E-state index in [2.05, 4.69) is 10.6 Å². The molecule has 0 aliphatic carbocycles. The minimum Gasteiger partial charge on any atom is -0.479 e. The Morgan fingerprint density at radius 3 is 2.61 bits per heavy atom. The third-order valence-electron chi connectivity index (χ3n) is 2.03. The lowest BCUT2D eigenvalue weighted by Crippen LogP contribution is -2.43. The van der Waals surface area contributed by atoms with Gasteiger partial charge in [0.1, 0.15) is 5.75 Å². The molecule has 0 saturated carbocycles. The summed E-state index contributed by atoms with van der Waals surface area (Å²) in [7, 11) is 1.40. The van der Waals surface area contributed by atoms with E-state index in [0.717, 1.165) is 0 Å². The minimum atomic E-state index is -0.877. The number of halogens is 2. The monoisotopic (exact) mass is 290 g/mol. The number of urea groups is 1. The summed E-state index contributed by atoms with van der Waals surface area (Å²) in [6, 6.07) is 4.05. The van der Waals surface area contributed by atoms with Crippen molar-refractivity contribution in [2.75, 3.05) is 7.05 Å². The van der Waals surface area contributed by atoms with Gasteiger partial charge in [0, 0.05) is 18.1 Å². The zero-order valence-corrected chi connectivity index (χ0v) is 11.3. The van der Waals surface area contributed by atoms with Gasteiger partial charge in [0.15, 0.2) is 6.10 Å². The van der Waals surface area contributed by atoms with Crippen molar-refractivity contribution in [1.29, 1.82) is 0 Å². The third kappa shape index (κ3) is 4.09. The van der Waals surface area contributed by atoms with E-state index in [0.29, 0.717) is 10.0 Å². The molecule has 0 spiro atoms. The molecule has 1 aromatic carbocycles. The maximum Gasteiger partial charge on any atom is 0.321 e. The molecule has 3 amide bonds. The summed E-state index contributed by atoms with van der Waals surface area (Å²) in [4.78, 5) is 22.5. The lowest BCUT2D eigenvalue weighted by molar-refractivity contribution is -0.126. The zero-order valence-electron chi connectivity index (χ0n) is 9.79. The van der Waals surface area contributed by atoms with Crippen LogP contribution in [-0.2, 0) is 4.79 Å². The molecule has 0 bridgehead atoms. The average Bonchev–Trinajstić information content (AvgIpc) is 2.33. The Morgan fingerprint density at radius 2 is 2.00 bits per heavy atom. The first-order valence-corrected chi connectivity index (χ1v) is 5.84. The molecule has 1 rings (SSSR count). The second-order valence-corrected chi connectivity index (χ2v) is 4.25. The second-order valence-electron chi connectivity index (χ2n) is 3.40. The summed E-state index contributed by atoms with van der Waals surface area (Å²) in [5.74, 6) is -0.297. The lowest BCUT2D eigenvalue weighted by atomic mass is 10.3. The van der Waals surface area contributed by atoms with Crippen molar-refractivity contribution in [3.63, 3.8) is 0 Å². The molecular formula is C11H12Cl2N2O3. The van der Waals surface area contributed by atoms with E-state index in [-0.39, 0.29) is 5.75 Å². The fourth-order valence-corrected chi connectivity index (χ4v) is 1.41. The van der Waals surface area contributed by atoms with Crippen molar-refractivity contribution in [2.45, 2.75) is 13.0 Å². The highest BCUT2D eigenvalue weighted by atomic mass is 35.5. The Hall–Kier alpha value is -1.46. The molecule has 0 radical (unpaired) electrons. The highest BCUT2D eigenvalue weighted by molar-refractivity contribution is 6.34. The number of amides is 3. The van der Waals surface area contributed by atoms with Gasteiger partial charge in [-0.15, -0.1) is 0 Å². The van der Waals surface area contributed by atoms with Gasteiger partial charge in [-0.3, -0.25) is 10.1 Å². The standard InChI is InChI=1S/C11H12Cl2N2O3/c1-6(10(16)15-11(17)14-2)18-9-5-7(12)3-4-8(9)13/h3-6H,1-2H3,(H2,14,15,16,17). The topological polar surface area (TPSA) is 67.4 Å². The molecule has 2 N–H and O–H groups in total. The smallest absolute Gasteiger partial charge is 0.321 e. The van der Waals surface area contributed by atoms with Crippen molar-refractivity contribution >= 4 is 35.1 Å². The SMILES string of the molecule is CNC(=O)NC(=O)C(C)Oc1cc(Cl)ccc1Cl. The number of rotatable bonds is 3. The Labute approximate surface area is 114 Å². The van der Waals surface area contributed by atoms with Gasteiger partial charge in [0.25, 0.3) is 5.91 Å². The molecule has 0 aromatic heterocycles. The van der Waals surface area contributed by atoms with Gasteiger partial charge in [-0.1, -0.05) is 23.2 Å². The Kier molecular flexibility index (Phi) is 5.25. The van der Waals surface area contributed by atoms with Crippen LogP contribution in [0.1, 0.15) is 6.92 Å². The van der Waals surface area contributed by atoms with Crippen LogP contribution in [0.4, 0.5) is 4.79 Å². The van der Waals surface area contributed by atoms with E-state index in [1.54, 1.807) is 12.1 Å². The molecule has 5 nitrogen and oxygen atoms in total. The van der Waals surface area contributed by atoms with E-state index >= 15 is 0 Å². The molecule has 98 valence electrons. The molecule has 0 aliphatic rings. The highest BCUT2D eigenvalue weighted by Gasteiger charge is 2.18. The summed E-state index contributed by atoms with van der Waals surface area (Å²) in [5, 5.41) is 5.13. The summed E-state index contributed by atoms with van der Waals surface area (Å²) in [6.07, 6.45) is -0.877. The van der Waals surface area contributed by atoms with Crippen LogP contribution < -0.4 is 15.4 Å². The number of imide groups is 1. The van der Waals surface area contributed by atoms with E-state index in [1.807, 2.05) is 0 Å². The molecular weight excluding hydrogens is 279 g/mol. The van der Waals surface area contributed by atoms with E-state index in [9.17, 15) is 9.59 Å². The summed E-state index contributed by atoms with van der Waals surface area (Å²) < 4.78 is 5.32. The molecule has 18 heavy (non-hydrogen) atoms.